The molecule has 1 aromatic heterocycles. The fourth-order valence-electron chi connectivity index (χ4n) is 4.10. The van der Waals surface area contributed by atoms with Crippen LogP contribution in [0.25, 0.3) is 5.69 Å². The van der Waals surface area contributed by atoms with Crippen molar-refractivity contribution in [3.8, 4) is 5.69 Å². The summed E-state index contributed by atoms with van der Waals surface area (Å²) in [4.78, 5) is 22.1. The highest BCUT2D eigenvalue weighted by atomic mass is 16.2. The lowest BCUT2D eigenvalue weighted by molar-refractivity contribution is 0.0704. The van der Waals surface area contributed by atoms with Gasteiger partial charge in [-0.25, -0.2) is 9.67 Å². The molecule has 6 heteroatoms. The maximum Gasteiger partial charge on any atom is 0.256 e. The van der Waals surface area contributed by atoms with Crippen LogP contribution in [0, 0.1) is 11.8 Å². The molecule has 2 aliphatic rings. The Labute approximate surface area is 161 Å². The van der Waals surface area contributed by atoms with Crippen LogP contribution in [-0.2, 0) is 0 Å². The minimum absolute atomic E-state index is 0.0972. The molecule has 144 valence electrons. The van der Waals surface area contributed by atoms with Gasteiger partial charge in [-0.2, -0.15) is 5.10 Å². The van der Waals surface area contributed by atoms with Gasteiger partial charge in [0, 0.05) is 32.2 Å². The van der Waals surface area contributed by atoms with Crippen molar-refractivity contribution in [3.63, 3.8) is 0 Å². The van der Waals surface area contributed by atoms with Crippen molar-refractivity contribution in [1.29, 1.82) is 0 Å². The van der Waals surface area contributed by atoms with Gasteiger partial charge in [-0.3, -0.25) is 9.69 Å². The standard InChI is InChI=1S/C21H29N5O/c1-16(2)20-13-25(11-5-10-24(20)12-17-8-9-17)21(27)18-6-3-4-7-19(18)26-15-22-14-23-26/h3-4,6-7,14-17,20H,5,8-13H2,1-2H3. The van der Waals surface area contributed by atoms with E-state index in [9.17, 15) is 4.79 Å². The number of benzene rings is 1. The van der Waals surface area contributed by atoms with Gasteiger partial charge in [-0.1, -0.05) is 26.0 Å². The second-order valence-corrected chi connectivity index (χ2v) is 8.21. The van der Waals surface area contributed by atoms with Gasteiger partial charge in [0.05, 0.1) is 11.3 Å². The fraction of sp³-hybridized carbons (Fsp3) is 0.571. The molecular formula is C21H29N5O. The number of aromatic nitrogens is 3. The SMILES string of the molecule is CC(C)C1CN(C(=O)c2ccccc2-n2cncn2)CCCN1CC1CC1. The first-order chi connectivity index (χ1) is 13.1. The molecule has 0 radical (unpaired) electrons. The van der Waals surface area contributed by atoms with Crippen LogP contribution < -0.4 is 0 Å². The first kappa shape index (κ1) is 18.2. The summed E-state index contributed by atoms with van der Waals surface area (Å²) in [6.07, 6.45) is 6.91. The number of nitrogens with zero attached hydrogens (tertiary/aromatic N) is 5. The number of amides is 1. The first-order valence-electron chi connectivity index (χ1n) is 10.1. The Kier molecular flexibility index (Phi) is 5.25. The number of para-hydroxylation sites is 1. The monoisotopic (exact) mass is 367 g/mol. The van der Waals surface area contributed by atoms with Gasteiger partial charge < -0.3 is 4.90 Å². The van der Waals surface area contributed by atoms with Crippen molar-refractivity contribution in [2.24, 2.45) is 11.8 Å². The molecule has 4 rings (SSSR count). The van der Waals surface area contributed by atoms with Crippen LogP contribution in [0.4, 0.5) is 0 Å². The normalized spacial score (nSPS) is 21.4. The zero-order valence-corrected chi connectivity index (χ0v) is 16.3. The summed E-state index contributed by atoms with van der Waals surface area (Å²) < 4.78 is 1.67. The highest BCUT2D eigenvalue weighted by molar-refractivity contribution is 5.97. The largest absolute Gasteiger partial charge is 0.337 e. The molecule has 1 amide bonds. The smallest absolute Gasteiger partial charge is 0.256 e. The molecule has 1 atom stereocenters. The average molecular weight is 367 g/mol. The fourth-order valence-corrected chi connectivity index (χ4v) is 4.10. The second-order valence-electron chi connectivity index (χ2n) is 8.21. The van der Waals surface area contributed by atoms with Crippen LogP contribution in [0.3, 0.4) is 0 Å². The molecule has 0 spiro atoms. The lowest BCUT2D eigenvalue weighted by Crippen LogP contribution is -2.46. The molecule has 1 unspecified atom stereocenters. The molecular weight excluding hydrogens is 338 g/mol. The van der Waals surface area contributed by atoms with Gasteiger partial charge >= 0.3 is 0 Å². The van der Waals surface area contributed by atoms with Gasteiger partial charge in [-0.15, -0.1) is 0 Å². The third-order valence-electron chi connectivity index (χ3n) is 5.80. The maximum absolute atomic E-state index is 13.4. The molecule has 6 nitrogen and oxygen atoms in total. The highest BCUT2D eigenvalue weighted by Gasteiger charge is 2.33. The van der Waals surface area contributed by atoms with Crippen molar-refractivity contribution in [3.05, 3.63) is 42.5 Å². The first-order valence-corrected chi connectivity index (χ1v) is 10.1. The Morgan fingerprint density at radius 1 is 1.22 bits per heavy atom. The van der Waals surface area contributed by atoms with E-state index in [1.807, 2.05) is 29.2 Å². The van der Waals surface area contributed by atoms with Crippen LogP contribution in [0.1, 0.15) is 43.5 Å². The van der Waals surface area contributed by atoms with Crippen molar-refractivity contribution < 1.29 is 4.79 Å². The Morgan fingerprint density at radius 3 is 2.74 bits per heavy atom. The van der Waals surface area contributed by atoms with E-state index in [1.165, 1.54) is 25.7 Å². The predicted octanol–water partition coefficient (Wildman–Crippen LogP) is 2.85. The zero-order valence-electron chi connectivity index (χ0n) is 16.3. The van der Waals surface area contributed by atoms with Crippen molar-refractivity contribution >= 4 is 5.91 Å². The molecule has 0 N–H and O–H groups in total. The Hall–Kier alpha value is -2.21. The molecule has 1 aliphatic carbocycles. The Bertz CT molecular complexity index is 769. The molecule has 2 aromatic rings. The summed E-state index contributed by atoms with van der Waals surface area (Å²) in [7, 11) is 0. The molecule has 1 aliphatic heterocycles. The van der Waals surface area contributed by atoms with Crippen molar-refractivity contribution in [1.82, 2.24) is 24.6 Å². The van der Waals surface area contributed by atoms with E-state index in [1.54, 1.807) is 11.0 Å². The molecule has 0 bridgehead atoms. The van der Waals surface area contributed by atoms with E-state index in [0.717, 1.165) is 37.7 Å². The zero-order chi connectivity index (χ0) is 18.8. The number of carbonyl (C=O) groups is 1. The minimum atomic E-state index is 0.0972. The van der Waals surface area contributed by atoms with Gasteiger partial charge in [-0.05, 0) is 43.2 Å². The van der Waals surface area contributed by atoms with E-state index in [2.05, 4.69) is 28.8 Å². The number of carbonyl (C=O) groups excluding carboxylic acids is 1. The lowest BCUT2D eigenvalue weighted by Gasteiger charge is -2.34. The molecule has 1 saturated heterocycles. The van der Waals surface area contributed by atoms with E-state index < -0.39 is 0 Å². The molecule has 2 heterocycles. The van der Waals surface area contributed by atoms with Crippen LogP contribution in [0.2, 0.25) is 0 Å². The topological polar surface area (TPSA) is 54.3 Å². The van der Waals surface area contributed by atoms with E-state index in [4.69, 9.17) is 0 Å². The van der Waals surface area contributed by atoms with E-state index in [0.29, 0.717) is 17.5 Å². The second kappa shape index (κ2) is 7.80. The van der Waals surface area contributed by atoms with Gasteiger partial charge in [0.2, 0.25) is 0 Å². The van der Waals surface area contributed by atoms with Crippen LogP contribution >= 0.6 is 0 Å². The predicted molar refractivity (Wildman–Crippen MR) is 105 cm³/mol. The van der Waals surface area contributed by atoms with Gasteiger partial charge in [0.15, 0.2) is 0 Å². The summed E-state index contributed by atoms with van der Waals surface area (Å²) in [6, 6.07) is 8.11. The third kappa shape index (κ3) is 4.05. The van der Waals surface area contributed by atoms with E-state index >= 15 is 0 Å². The van der Waals surface area contributed by atoms with E-state index in [-0.39, 0.29) is 5.91 Å². The number of hydrogen-bond acceptors (Lipinski definition) is 4. The van der Waals surface area contributed by atoms with Crippen LogP contribution in [-0.4, -0.2) is 62.7 Å². The molecule has 1 aromatic carbocycles. The number of rotatable bonds is 5. The summed E-state index contributed by atoms with van der Waals surface area (Å²) in [5.41, 5.74) is 1.49. The Balaban J connectivity index is 1.57. The summed E-state index contributed by atoms with van der Waals surface area (Å²) in [5, 5.41) is 4.21. The summed E-state index contributed by atoms with van der Waals surface area (Å²) in [6.45, 7) is 8.46. The number of hydrogen-bond donors (Lipinski definition) is 0. The molecule has 1 saturated carbocycles. The average Bonchev–Trinajstić information content (AvgIpc) is 3.38. The van der Waals surface area contributed by atoms with Gasteiger partial charge in [0.1, 0.15) is 12.7 Å². The molecule has 27 heavy (non-hydrogen) atoms. The van der Waals surface area contributed by atoms with Gasteiger partial charge in [0.25, 0.3) is 5.91 Å². The van der Waals surface area contributed by atoms with Crippen molar-refractivity contribution in [2.75, 3.05) is 26.2 Å². The van der Waals surface area contributed by atoms with Crippen LogP contribution in [0.15, 0.2) is 36.9 Å². The maximum atomic E-state index is 13.4. The van der Waals surface area contributed by atoms with Crippen LogP contribution in [0.5, 0.6) is 0 Å². The van der Waals surface area contributed by atoms with Crippen molar-refractivity contribution in [2.45, 2.75) is 39.2 Å². The Morgan fingerprint density at radius 2 is 2.04 bits per heavy atom. The minimum Gasteiger partial charge on any atom is -0.337 e. The highest BCUT2D eigenvalue weighted by Crippen LogP contribution is 2.32. The third-order valence-corrected chi connectivity index (χ3v) is 5.80. The lowest BCUT2D eigenvalue weighted by atomic mass is 10.0. The molecule has 2 fully saturated rings. The summed E-state index contributed by atoms with van der Waals surface area (Å²) in [5.74, 6) is 1.50. The summed E-state index contributed by atoms with van der Waals surface area (Å²) >= 11 is 0. The quantitative estimate of drug-likeness (QED) is 0.815.